The molecule has 2 aromatic rings. The molecule has 0 aliphatic heterocycles. The summed E-state index contributed by atoms with van der Waals surface area (Å²) in [5.41, 5.74) is 6.87. The van der Waals surface area contributed by atoms with Gasteiger partial charge in [0.15, 0.2) is 0 Å². The number of imide groups is 1. The molecule has 1 aromatic heterocycles. The van der Waals surface area contributed by atoms with Crippen molar-refractivity contribution in [1.29, 1.82) is 0 Å². The van der Waals surface area contributed by atoms with E-state index in [1.54, 1.807) is 27.0 Å². The van der Waals surface area contributed by atoms with Crippen LogP contribution in [0.25, 0.3) is 10.9 Å². The number of H-pyrrole nitrogens is 1. The van der Waals surface area contributed by atoms with Crippen LogP contribution >= 0.6 is 0 Å². The fraction of sp³-hybridized carbons (Fsp3) is 0.500. The first-order valence-electron chi connectivity index (χ1n) is 12.1. The number of para-hydroxylation sites is 1. The normalized spacial score (nSPS) is 14.0. The zero-order chi connectivity index (χ0) is 27.9. The summed E-state index contributed by atoms with van der Waals surface area (Å²) in [5.74, 6) is -3.07. The van der Waals surface area contributed by atoms with Gasteiger partial charge in [0.1, 0.15) is 24.0 Å². The molecule has 0 saturated heterocycles. The quantitative estimate of drug-likeness (QED) is 0.330. The van der Waals surface area contributed by atoms with Gasteiger partial charge >= 0.3 is 12.1 Å². The molecule has 202 valence electrons. The molecule has 0 fully saturated rings. The zero-order valence-corrected chi connectivity index (χ0v) is 21.8. The molecular weight excluding hydrogens is 480 g/mol. The van der Waals surface area contributed by atoms with Gasteiger partial charge in [-0.05, 0) is 51.2 Å². The van der Waals surface area contributed by atoms with Crippen molar-refractivity contribution in [2.75, 3.05) is 0 Å². The van der Waals surface area contributed by atoms with E-state index >= 15 is 0 Å². The van der Waals surface area contributed by atoms with Crippen molar-refractivity contribution >= 4 is 41.1 Å². The number of nitrogens with one attached hydrogen (secondary N) is 2. The molecule has 1 heterocycles. The number of amides is 3. The van der Waals surface area contributed by atoms with Crippen LogP contribution in [0.4, 0.5) is 4.79 Å². The molecule has 1 aromatic carbocycles. The number of carbonyl (C=O) groups is 5. The van der Waals surface area contributed by atoms with Gasteiger partial charge in [-0.25, -0.2) is 9.69 Å². The van der Waals surface area contributed by atoms with Crippen LogP contribution < -0.4 is 11.1 Å². The highest BCUT2D eigenvalue weighted by Gasteiger charge is 2.39. The SMILES string of the molecule is CC(C)C[C@H](NC(=O)[C@@H](N)Cc1c[nH]c2ccccc12)C(=O)N(C(=O)OC(C)(C)C)[C@H](C=O)CC(=O)O. The van der Waals surface area contributed by atoms with Gasteiger partial charge in [0, 0.05) is 17.1 Å². The third-order valence-corrected chi connectivity index (χ3v) is 5.47. The molecule has 0 spiro atoms. The molecule has 37 heavy (non-hydrogen) atoms. The molecule has 2 rings (SSSR count). The first-order chi connectivity index (χ1) is 17.2. The number of fused-ring (bicyclic) bond motifs is 1. The summed E-state index contributed by atoms with van der Waals surface area (Å²) in [7, 11) is 0. The number of aromatic amines is 1. The minimum absolute atomic E-state index is 0.103. The number of aromatic nitrogens is 1. The third-order valence-electron chi connectivity index (χ3n) is 5.47. The Morgan fingerprint density at radius 2 is 1.84 bits per heavy atom. The summed E-state index contributed by atoms with van der Waals surface area (Å²) in [5, 5.41) is 12.7. The number of ether oxygens (including phenoxy) is 1. The molecule has 0 radical (unpaired) electrons. The van der Waals surface area contributed by atoms with Crippen LogP contribution in [0.5, 0.6) is 0 Å². The predicted molar refractivity (Wildman–Crippen MR) is 137 cm³/mol. The predicted octanol–water partition coefficient (Wildman–Crippen LogP) is 2.37. The van der Waals surface area contributed by atoms with Crippen LogP contribution in [0.3, 0.4) is 0 Å². The fourth-order valence-electron chi connectivity index (χ4n) is 3.85. The van der Waals surface area contributed by atoms with E-state index in [0.29, 0.717) is 4.90 Å². The highest BCUT2D eigenvalue weighted by molar-refractivity contribution is 6.00. The van der Waals surface area contributed by atoms with Crippen molar-refractivity contribution in [2.45, 2.75) is 77.6 Å². The fourth-order valence-corrected chi connectivity index (χ4v) is 3.85. The van der Waals surface area contributed by atoms with Crippen molar-refractivity contribution in [3.63, 3.8) is 0 Å². The maximum absolute atomic E-state index is 13.6. The van der Waals surface area contributed by atoms with E-state index in [2.05, 4.69) is 10.3 Å². The molecule has 0 aliphatic rings. The molecule has 3 atom stereocenters. The Balaban J connectivity index is 2.30. The van der Waals surface area contributed by atoms with E-state index < -0.39 is 54.0 Å². The average Bonchev–Trinajstić information content (AvgIpc) is 3.18. The van der Waals surface area contributed by atoms with Gasteiger partial charge in [0.25, 0.3) is 5.91 Å². The summed E-state index contributed by atoms with van der Waals surface area (Å²) >= 11 is 0. The molecule has 0 bridgehead atoms. The lowest BCUT2D eigenvalue weighted by atomic mass is 10.00. The number of aliphatic carboxylic acids is 1. The number of carbonyl (C=O) groups excluding carboxylic acids is 4. The Morgan fingerprint density at radius 1 is 1.19 bits per heavy atom. The average molecular weight is 517 g/mol. The number of aldehydes is 1. The molecule has 5 N–H and O–H groups in total. The van der Waals surface area contributed by atoms with Crippen molar-refractivity contribution in [3.05, 3.63) is 36.0 Å². The van der Waals surface area contributed by atoms with Gasteiger partial charge in [-0.3, -0.25) is 14.4 Å². The standard InChI is InChI=1S/C26H36N4O7/c1-15(2)10-21(24(35)30(17(14-31)12-22(32)33)25(36)37-26(3,4)5)29-23(34)19(27)11-16-13-28-20-9-7-6-8-18(16)20/h6-9,13-15,17,19,21,28H,10-12,27H2,1-5H3,(H,29,34)(H,32,33)/t17-,19-,21-/m0/s1. The second kappa shape index (κ2) is 12.5. The van der Waals surface area contributed by atoms with E-state index in [4.69, 9.17) is 10.5 Å². The van der Waals surface area contributed by atoms with Gasteiger partial charge in [-0.15, -0.1) is 0 Å². The Morgan fingerprint density at radius 3 is 2.41 bits per heavy atom. The van der Waals surface area contributed by atoms with Crippen molar-refractivity contribution in [2.24, 2.45) is 11.7 Å². The lowest BCUT2D eigenvalue weighted by Gasteiger charge is -2.32. The largest absolute Gasteiger partial charge is 0.481 e. The van der Waals surface area contributed by atoms with E-state index in [9.17, 15) is 29.1 Å². The van der Waals surface area contributed by atoms with E-state index in [-0.39, 0.29) is 25.0 Å². The first-order valence-corrected chi connectivity index (χ1v) is 12.1. The van der Waals surface area contributed by atoms with Crippen LogP contribution in [-0.4, -0.2) is 68.9 Å². The van der Waals surface area contributed by atoms with Gasteiger partial charge in [0.2, 0.25) is 5.91 Å². The summed E-state index contributed by atoms with van der Waals surface area (Å²) in [6.07, 6.45) is 0.275. The van der Waals surface area contributed by atoms with Crippen LogP contribution in [0.2, 0.25) is 0 Å². The number of nitrogens with zero attached hydrogens (tertiary/aromatic N) is 1. The number of nitrogens with two attached hydrogens (primary N) is 1. The number of rotatable bonds is 11. The van der Waals surface area contributed by atoms with Crippen LogP contribution in [0.1, 0.15) is 53.0 Å². The summed E-state index contributed by atoms with van der Waals surface area (Å²) < 4.78 is 5.28. The summed E-state index contributed by atoms with van der Waals surface area (Å²) in [4.78, 5) is 66.2. The number of benzene rings is 1. The second-order valence-electron chi connectivity index (χ2n) is 10.4. The van der Waals surface area contributed by atoms with Crippen LogP contribution in [0.15, 0.2) is 30.5 Å². The van der Waals surface area contributed by atoms with Crippen molar-refractivity contribution in [3.8, 4) is 0 Å². The smallest absolute Gasteiger partial charge is 0.417 e. The van der Waals surface area contributed by atoms with Gasteiger partial charge in [0.05, 0.1) is 12.5 Å². The monoisotopic (exact) mass is 516 g/mol. The Labute approximate surface area is 215 Å². The van der Waals surface area contributed by atoms with Crippen LogP contribution in [0, 0.1) is 5.92 Å². The number of carboxylic acid groups (broad SMARTS) is 1. The van der Waals surface area contributed by atoms with Crippen molar-refractivity contribution in [1.82, 2.24) is 15.2 Å². The molecule has 11 nitrogen and oxygen atoms in total. The maximum atomic E-state index is 13.6. The molecule has 11 heteroatoms. The Hall–Kier alpha value is -3.73. The Bertz CT molecular complexity index is 1140. The van der Waals surface area contributed by atoms with Gasteiger partial charge < -0.3 is 30.7 Å². The molecule has 0 saturated carbocycles. The highest BCUT2D eigenvalue weighted by Crippen LogP contribution is 2.20. The lowest BCUT2D eigenvalue weighted by Crippen LogP contribution is -2.58. The van der Waals surface area contributed by atoms with Crippen LogP contribution in [-0.2, 0) is 30.3 Å². The van der Waals surface area contributed by atoms with E-state index in [1.165, 1.54) is 0 Å². The molecular formula is C26H36N4O7. The summed E-state index contributed by atoms with van der Waals surface area (Å²) in [6, 6.07) is 3.67. The van der Waals surface area contributed by atoms with Gasteiger partial charge in [-0.1, -0.05) is 32.0 Å². The number of hydrogen-bond acceptors (Lipinski definition) is 7. The lowest BCUT2D eigenvalue weighted by molar-refractivity contribution is -0.144. The molecule has 0 aliphatic carbocycles. The van der Waals surface area contributed by atoms with E-state index in [1.807, 2.05) is 38.1 Å². The summed E-state index contributed by atoms with van der Waals surface area (Å²) in [6.45, 7) is 8.32. The maximum Gasteiger partial charge on any atom is 0.417 e. The first kappa shape index (κ1) is 29.5. The zero-order valence-electron chi connectivity index (χ0n) is 21.8. The third kappa shape index (κ3) is 8.42. The molecule has 0 unspecified atom stereocenters. The van der Waals surface area contributed by atoms with E-state index in [0.717, 1.165) is 16.5 Å². The number of hydrogen-bond donors (Lipinski definition) is 4. The topological polar surface area (TPSA) is 172 Å². The number of carboxylic acids is 1. The second-order valence-corrected chi connectivity index (χ2v) is 10.4. The van der Waals surface area contributed by atoms with Crippen molar-refractivity contribution < 1.29 is 33.8 Å². The minimum Gasteiger partial charge on any atom is -0.481 e. The van der Waals surface area contributed by atoms with Gasteiger partial charge in [-0.2, -0.15) is 0 Å². The highest BCUT2D eigenvalue weighted by atomic mass is 16.6. The minimum atomic E-state index is -1.62. The Kier molecular flexibility index (Phi) is 9.96. The molecule has 3 amide bonds.